The summed E-state index contributed by atoms with van der Waals surface area (Å²) < 4.78 is 0.891. The van der Waals surface area contributed by atoms with E-state index in [-0.39, 0.29) is 0 Å². The highest BCUT2D eigenvalue weighted by atomic mass is 35.5. The lowest BCUT2D eigenvalue weighted by molar-refractivity contribution is 0.319. The second-order valence-electron chi connectivity index (χ2n) is 4.71. The average molecular weight is 289 g/mol. The van der Waals surface area contributed by atoms with Gasteiger partial charge in [0.1, 0.15) is 0 Å². The second-order valence-corrected chi connectivity index (χ2v) is 6.51. The highest BCUT2D eigenvalue weighted by Crippen LogP contribution is 2.22. The third kappa shape index (κ3) is 7.37. The van der Waals surface area contributed by atoms with E-state index in [9.17, 15) is 0 Å². The van der Waals surface area contributed by atoms with Crippen molar-refractivity contribution in [1.29, 1.82) is 0 Å². The topological polar surface area (TPSA) is 15.3 Å². The molecule has 1 heterocycles. The van der Waals surface area contributed by atoms with Crippen LogP contribution in [0.4, 0.5) is 0 Å². The Hall–Kier alpha value is -0.0900. The van der Waals surface area contributed by atoms with Crippen molar-refractivity contribution in [2.45, 2.75) is 39.2 Å². The summed E-state index contributed by atoms with van der Waals surface area (Å²) in [7, 11) is 2.19. The van der Waals surface area contributed by atoms with Gasteiger partial charge >= 0.3 is 0 Å². The average Bonchev–Trinajstić information content (AvgIpc) is 2.73. The summed E-state index contributed by atoms with van der Waals surface area (Å²) in [5.74, 6) is 0. The zero-order chi connectivity index (χ0) is 13.2. The van der Waals surface area contributed by atoms with E-state index in [1.165, 1.54) is 43.6 Å². The Kier molecular flexibility index (Phi) is 8.68. The molecule has 0 atom stereocenters. The molecule has 0 aliphatic heterocycles. The fourth-order valence-corrected chi connectivity index (χ4v) is 3.11. The first kappa shape index (κ1) is 16.0. The lowest BCUT2D eigenvalue weighted by atomic mass is 10.2. The number of hydrogen-bond donors (Lipinski definition) is 1. The maximum Gasteiger partial charge on any atom is 0.0931 e. The molecule has 0 amide bonds. The summed E-state index contributed by atoms with van der Waals surface area (Å²) in [4.78, 5) is 3.74. The van der Waals surface area contributed by atoms with Crippen LogP contribution in [0.3, 0.4) is 0 Å². The van der Waals surface area contributed by atoms with Crippen molar-refractivity contribution >= 4 is 22.9 Å². The fourth-order valence-electron chi connectivity index (χ4n) is 1.94. The van der Waals surface area contributed by atoms with Crippen molar-refractivity contribution in [2.75, 3.05) is 26.7 Å². The van der Waals surface area contributed by atoms with Crippen molar-refractivity contribution in [3.63, 3.8) is 0 Å². The molecule has 104 valence electrons. The van der Waals surface area contributed by atoms with E-state index in [4.69, 9.17) is 11.6 Å². The zero-order valence-electron chi connectivity index (χ0n) is 11.5. The van der Waals surface area contributed by atoms with E-state index < -0.39 is 0 Å². The molecule has 0 fully saturated rings. The minimum absolute atomic E-state index is 0.891. The maximum atomic E-state index is 5.93. The van der Waals surface area contributed by atoms with Crippen molar-refractivity contribution in [3.05, 3.63) is 21.3 Å². The highest BCUT2D eigenvalue weighted by Gasteiger charge is 2.02. The van der Waals surface area contributed by atoms with Crippen molar-refractivity contribution in [3.8, 4) is 0 Å². The molecular formula is C14H25ClN2S. The van der Waals surface area contributed by atoms with Gasteiger partial charge in [-0.25, -0.2) is 0 Å². The summed E-state index contributed by atoms with van der Waals surface area (Å²) in [6, 6.07) is 4.11. The first-order chi connectivity index (χ1) is 8.72. The minimum Gasteiger partial charge on any atom is -0.317 e. The molecular weight excluding hydrogens is 264 g/mol. The van der Waals surface area contributed by atoms with Crippen LogP contribution >= 0.6 is 22.9 Å². The van der Waals surface area contributed by atoms with E-state index >= 15 is 0 Å². The van der Waals surface area contributed by atoms with E-state index in [1.54, 1.807) is 11.3 Å². The monoisotopic (exact) mass is 288 g/mol. The maximum absolute atomic E-state index is 5.93. The van der Waals surface area contributed by atoms with E-state index in [0.717, 1.165) is 17.4 Å². The Morgan fingerprint density at radius 3 is 2.67 bits per heavy atom. The van der Waals surface area contributed by atoms with Crippen LogP contribution in [0.5, 0.6) is 0 Å². The van der Waals surface area contributed by atoms with Crippen LogP contribution in [0.15, 0.2) is 12.1 Å². The van der Waals surface area contributed by atoms with Crippen molar-refractivity contribution in [2.24, 2.45) is 0 Å². The van der Waals surface area contributed by atoms with Gasteiger partial charge in [-0.15, -0.1) is 11.3 Å². The number of nitrogens with one attached hydrogen (secondary N) is 1. The molecule has 2 nitrogen and oxygen atoms in total. The van der Waals surface area contributed by atoms with Gasteiger partial charge < -0.3 is 10.2 Å². The summed E-state index contributed by atoms with van der Waals surface area (Å²) in [5, 5.41) is 3.36. The third-order valence-electron chi connectivity index (χ3n) is 2.95. The molecule has 0 unspecified atom stereocenters. The summed E-state index contributed by atoms with van der Waals surface area (Å²) in [6.45, 7) is 6.61. The standard InChI is InChI=1S/C14H25ClN2S/c1-3-16-10-6-4-5-7-11-17(2)12-13-8-9-14(15)18-13/h8-9,16H,3-7,10-12H2,1-2H3. The van der Waals surface area contributed by atoms with Crippen molar-refractivity contribution < 1.29 is 0 Å². The molecule has 1 N–H and O–H groups in total. The molecule has 0 saturated carbocycles. The quantitative estimate of drug-likeness (QED) is 0.655. The highest BCUT2D eigenvalue weighted by molar-refractivity contribution is 7.16. The Balaban J connectivity index is 1.98. The van der Waals surface area contributed by atoms with Gasteiger partial charge in [-0.2, -0.15) is 0 Å². The van der Waals surface area contributed by atoms with Crippen LogP contribution in [0.25, 0.3) is 0 Å². The molecule has 0 bridgehead atoms. The van der Waals surface area contributed by atoms with Crippen LogP contribution < -0.4 is 5.32 Å². The molecule has 0 saturated heterocycles. The van der Waals surface area contributed by atoms with Gasteiger partial charge in [0.25, 0.3) is 0 Å². The number of thiophene rings is 1. The first-order valence-corrected chi connectivity index (χ1v) is 8.05. The Bertz CT molecular complexity index is 314. The summed E-state index contributed by atoms with van der Waals surface area (Å²) in [6.07, 6.45) is 5.27. The molecule has 1 rings (SSSR count). The largest absolute Gasteiger partial charge is 0.317 e. The SMILES string of the molecule is CCNCCCCCCN(C)Cc1ccc(Cl)s1. The zero-order valence-corrected chi connectivity index (χ0v) is 13.1. The van der Waals surface area contributed by atoms with Gasteiger partial charge in [0, 0.05) is 11.4 Å². The van der Waals surface area contributed by atoms with E-state index in [0.29, 0.717) is 0 Å². The third-order valence-corrected chi connectivity index (χ3v) is 4.16. The normalized spacial score (nSPS) is 11.3. The Morgan fingerprint density at radius 1 is 1.22 bits per heavy atom. The second kappa shape index (κ2) is 9.79. The molecule has 0 aliphatic carbocycles. The van der Waals surface area contributed by atoms with Gasteiger partial charge in [-0.1, -0.05) is 31.4 Å². The number of rotatable bonds is 10. The lowest BCUT2D eigenvalue weighted by Gasteiger charge is -2.15. The number of unbranched alkanes of at least 4 members (excludes halogenated alkanes) is 3. The van der Waals surface area contributed by atoms with Gasteiger partial charge in [0.15, 0.2) is 0 Å². The molecule has 0 spiro atoms. The number of halogens is 1. The predicted octanol–water partition coefficient (Wildman–Crippen LogP) is 4.00. The molecule has 18 heavy (non-hydrogen) atoms. The van der Waals surface area contributed by atoms with Crippen LogP contribution in [0, 0.1) is 0 Å². The van der Waals surface area contributed by atoms with Crippen LogP contribution in [0.1, 0.15) is 37.5 Å². The van der Waals surface area contributed by atoms with E-state index in [2.05, 4.69) is 30.3 Å². The fraction of sp³-hybridized carbons (Fsp3) is 0.714. The number of nitrogens with zero attached hydrogens (tertiary/aromatic N) is 1. The summed E-state index contributed by atoms with van der Waals surface area (Å²) in [5.41, 5.74) is 0. The first-order valence-electron chi connectivity index (χ1n) is 6.86. The molecule has 1 aromatic heterocycles. The van der Waals surface area contributed by atoms with Gasteiger partial charge in [-0.3, -0.25) is 0 Å². The minimum atomic E-state index is 0.891. The van der Waals surface area contributed by atoms with Gasteiger partial charge in [0.2, 0.25) is 0 Å². The molecule has 1 aromatic rings. The van der Waals surface area contributed by atoms with Gasteiger partial charge in [0.05, 0.1) is 4.34 Å². The Labute approximate surface area is 120 Å². The smallest absolute Gasteiger partial charge is 0.0931 e. The predicted molar refractivity (Wildman–Crippen MR) is 82.7 cm³/mol. The van der Waals surface area contributed by atoms with Gasteiger partial charge in [-0.05, 0) is 51.7 Å². The van der Waals surface area contributed by atoms with Crippen molar-refractivity contribution in [1.82, 2.24) is 10.2 Å². The molecule has 0 radical (unpaired) electrons. The van der Waals surface area contributed by atoms with Crippen LogP contribution in [-0.4, -0.2) is 31.6 Å². The molecule has 4 heteroatoms. The summed E-state index contributed by atoms with van der Waals surface area (Å²) >= 11 is 7.61. The van der Waals surface area contributed by atoms with E-state index in [1.807, 2.05) is 6.07 Å². The van der Waals surface area contributed by atoms with Crippen LogP contribution in [0.2, 0.25) is 4.34 Å². The van der Waals surface area contributed by atoms with Crippen LogP contribution in [-0.2, 0) is 6.54 Å². The number of hydrogen-bond acceptors (Lipinski definition) is 3. The molecule has 0 aromatic carbocycles. The Morgan fingerprint density at radius 2 is 2.00 bits per heavy atom. The lowest BCUT2D eigenvalue weighted by Crippen LogP contribution is -2.18. The molecule has 0 aliphatic rings.